The molecule has 8 nitrogen and oxygen atoms in total. The van der Waals surface area contributed by atoms with E-state index in [1.807, 2.05) is 0 Å². The Bertz CT molecular complexity index is 1000. The van der Waals surface area contributed by atoms with Gasteiger partial charge in [0.25, 0.3) is 5.91 Å². The molecule has 0 bridgehead atoms. The number of hydrogen-bond acceptors (Lipinski definition) is 7. The fraction of sp³-hybridized carbons (Fsp3) is 0.235. The highest BCUT2D eigenvalue weighted by Gasteiger charge is 2.25. The van der Waals surface area contributed by atoms with E-state index in [0.717, 1.165) is 0 Å². The predicted octanol–water partition coefficient (Wildman–Crippen LogP) is 3.25. The molecule has 0 saturated heterocycles. The number of anilines is 1. The molecule has 2 aromatic heterocycles. The van der Waals surface area contributed by atoms with Crippen LogP contribution < -0.4 is 14.8 Å². The lowest BCUT2D eigenvalue weighted by molar-refractivity contribution is -0.123. The summed E-state index contributed by atoms with van der Waals surface area (Å²) in [6.07, 6.45) is 0.606. The van der Waals surface area contributed by atoms with Crippen LogP contribution in [0.1, 0.15) is 17.4 Å². The number of amides is 1. The third kappa shape index (κ3) is 3.83. The molecule has 3 aromatic rings. The lowest BCUT2D eigenvalue weighted by Gasteiger charge is -2.14. The molecular formula is C17H16ClN3O5S. The summed E-state index contributed by atoms with van der Waals surface area (Å²) in [5.41, 5.74) is 0.557. The molecular weight excluding hydrogens is 394 g/mol. The SMILES string of the molecule is COc1ccc(NC(=O)[C@H](C)OC(=O)c2c(Cl)nc3sccn23)cc1OC. The highest BCUT2D eigenvalue weighted by atomic mass is 35.5. The number of hydrogen-bond donors (Lipinski definition) is 1. The summed E-state index contributed by atoms with van der Waals surface area (Å²) in [6.45, 7) is 1.47. The Morgan fingerprint density at radius 1 is 1.26 bits per heavy atom. The minimum absolute atomic E-state index is 0.0272. The Morgan fingerprint density at radius 2 is 2.00 bits per heavy atom. The zero-order valence-corrected chi connectivity index (χ0v) is 16.3. The van der Waals surface area contributed by atoms with Crippen LogP contribution in [-0.4, -0.2) is 41.6 Å². The zero-order valence-electron chi connectivity index (χ0n) is 14.7. The van der Waals surface area contributed by atoms with E-state index in [-0.39, 0.29) is 10.8 Å². The highest BCUT2D eigenvalue weighted by Crippen LogP contribution is 2.30. The molecule has 0 spiro atoms. The maximum Gasteiger partial charge on any atom is 0.359 e. The summed E-state index contributed by atoms with van der Waals surface area (Å²) in [6, 6.07) is 4.91. The maximum absolute atomic E-state index is 12.4. The van der Waals surface area contributed by atoms with Gasteiger partial charge in [-0.1, -0.05) is 11.6 Å². The summed E-state index contributed by atoms with van der Waals surface area (Å²) in [7, 11) is 3.01. The van der Waals surface area contributed by atoms with Crippen LogP contribution in [0.2, 0.25) is 5.15 Å². The van der Waals surface area contributed by atoms with Gasteiger partial charge in [0, 0.05) is 23.3 Å². The van der Waals surface area contributed by atoms with Crippen molar-refractivity contribution in [1.82, 2.24) is 9.38 Å². The number of fused-ring (bicyclic) bond motifs is 1. The average molecular weight is 410 g/mol. The second kappa shape index (κ2) is 7.85. The first-order valence-electron chi connectivity index (χ1n) is 7.79. The number of nitrogens with one attached hydrogen (secondary N) is 1. The number of carbonyl (C=O) groups excluding carboxylic acids is 2. The first kappa shape index (κ1) is 19.0. The van der Waals surface area contributed by atoms with E-state index in [1.165, 1.54) is 36.9 Å². The molecule has 2 heterocycles. The number of carbonyl (C=O) groups is 2. The monoisotopic (exact) mass is 409 g/mol. The average Bonchev–Trinajstić information content (AvgIpc) is 3.21. The van der Waals surface area contributed by atoms with Crippen molar-refractivity contribution in [3.05, 3.63) is 40.6 Å². The van der Waals surface area contributed by atoms with Gasteiger partial charge in [-0.25, -0.2) is 9.78 Å². The van der Waals surface area contributed by atoms with Crippen molar-refractivity contribution in [2.45, 2.75) is 13.0 Å². The van der Waals surface area contributed by atoms with Crippen molar-refractivity contribution in [1.29, 1.82) is 0 Å². The van der Waals surface area contributed by atoms with E-state index in [4.69, 9.17) is 25.8 Å². The predicted molar refractivity (Wildman–Crippen MR) is 101 cm³/mol. The van der Waals surface area contributed by atoms with Crippen LogP contribution in [0.15, 0.2) is 29.8 Å². The summed E-state index contributed by atoms with van der Waals surface area (Å²) in [5, 5.41) is 4.45. The van der Waals surface area contributed by atoms with Gasteiger partial charge in [0.15, 0.2) is 33.4 Å². The molecule has 142 valence electrons. The molecule has 10 heteroatoms. The minimum atomic E-state index is -1.05. The number of rotatable bonds is 6. The van der Waals surface area contributed by atoms with Gasteiger partial charge in [-0.3, -0.25) is 9.20 Å². The number of esters is 1. The number of nitrogens with zero attached hydrogens (tertiary/aromatic N) is 2. The van der Waals surface area contributed by atoms with E-state index in [1.54, 1.807) is 29.8 Å². The fourth-order valence-corrected chi connectivity index (χ4v) is 3.38. The van der Waals surface area contributed by atoms with Crippen LogP contribution in [0, 0.1) is 0 Å². The molecule has 27 heavy (non-hydrogen) atoms. The van der Waals surface area contributed by atoms with Gasteiger partial charge >= 0.3 is 5.97 Å². The van der Waals surface area contributed by atoms with E-state index >= 15 is 0 Å². The first-order chi connectivity index (χ1) is 12.9. The third-order valence-electron chi connectivity index (χ3n) is 3.72. The van der Waals surface area contributed by atoms with E-state index in [2.05, 4.69) is 10.3 Å². The van der Waals surface area contributed by atoms with Gasteiger partial charge in [0.2, 0.25) is 0 Å². The molecule has 0 aliphatic carbocycles. The van der Waals surface area contributed by atoms with Gasteiger partial charge in [-0.15, -0.1) is 11.3 Å². The summed E-state index contributed by atoms with van der Waals surface area (Å²) in [4.78, 5) is 29.4. The molecule has 1 atom stereocenters. The Morgan fingerprint density at radius 3 is 2.70 bits per heavy atom. The van der Waals surface area contributed by atoms with Gasteiger partial charge < -0.3 is 19.5 Å². The first-order valence-corrected chi connectivity index (χ1v) is 9.05. The van der Waals surface area contributed by atoms with Crippen molar-refractivity contribution in [3.8, 4) is 11.5 Å². The van der Waals surface area contributed by atoms with Crippen molar-refractivity contribution < 1.29 is 23.8 Å². The molecule has 0 aliphatic heterocycles. The van der Waals surface area contributed by atoms with Crippen molar-refractivity contribution in [2.24, 2.45) is 0 Å². The summed E-state index contributed by atoms with van der Waals surface area (Å²) < 4.78 is 17.1. The smallest absolute Gasteiger partial charge is 0.359 e. The lowest BCUT2D eigenvalue weighted by Crippen LogP contribution is -2.30. The molecule has 0 saturated carbocycles. The number of benzene rings is 1. The highest BCUT2D eigenvalue weighted by molar-refractivity contribution is 7.15. The molecule has 0 unspecified atom stereocenters. The Labute approximate surface area is 163 Å². The van der Waals surface area contributed by atoms with Crippen LogP contribution in [0.4, 0.5) is 5.69 Å². The van der Waals surface area contributed by atoms with Crippen molar-refractivity contribution >= 4 is 45.5 Å². The molecule has 0 aliphatic rings. The number of halogens is 1. The minimum Gasteiger partial charge on any atom is -0.493 e. The standard InChI is InChI=1S/C17H16ClN3O5S/c1-9(15(22)19-10-4-5-11(24-2)12(8-10)25-3)26-16(23)13-14(18)20-17-21(13)6-7-27-17/h4-9H,1-3H3,(H,19,22)/t9-/m0/s1. The van der Waals surface area contributed by atoms with Crippen LogP contribution in [0.25, 0.3) is 4.96 Å². The van der Waals surface area contributed by atoms with Crippen LogP contribution >= 0.6 is 22.9 Å². The second-order valence-electron chi connectivity index (χ2n) is 5.41. The van der Waals surface area contributed by atoms with Crippen molar-refractivity contribution in [2.75, 3.05) is 19.5 Å². The Kier molecular flexibility index (Phi) is 5.52. The van der Waals surface area contributed by atoms with E-state index < -0.39 is 18.0 Å². The van der Waals surface area contributed by atoms with E-state index in [9.17, 15) is 9.59 Å². The molecule has 0 fully saturated rings. The molecule has 0 radical (unpaired) electrons. The Balaban J connectivity index is 1.70. The van der Waals surface area contributed by atoms with Gasteiger partial charge in [0.05, 0.1) is 14.2 Å². The molecule has 3 rings (SSSR count). The van der Waals surface area contributed by atoms with Crippen LogP contribution in [0.3, 0.4) is 0 Å². The lowest BCUT2D eigenvalue weighted by atomic mass is 10.2. The van der Waals surface area contributed by atoms with Crippen LogP contribution in [0.5, 0.6) is 11.5 Å². The summed E-state index contributed by atoms with van der Waals surface area (Å²) >= 11 is 7.34. The van der Waals surface area contributed by atoms with Crippen LogP contribution in [-0.2, 0) is 9.53 Å². The maximum atomic E-state index is 12.4. The molecule has 1 aromatic carbocycles. The summed E-state index contributed by atoms with van der Waals surface area (Å²) in [5.74, 6) is -0.241. The molecule has 1 amide bonds. The van der Waals surface area contributed by atoms with Gasteiger partial charge in [0.1, 0.15) is 0 Å². The van der Waals surface area contributed by atoms with E-state index in [0.29, 0.717) is 22.1 Å². The zero-order chi connectivity index (χ0) is 19.6. The number of imidazole rings is 1. The number of aromatic nitrogens is 2. The largest absolute Gasteiger partial charge is 0.493 e. The van der Waals surface area contributed by atoms with Crippen molar-refractivity contribution in [3.63, 3.8) is 0 Å². The normalized spacial score (nSPS) is 11.9. The topological polar surface area (TPSA) is 91.2 Å². The van der Waals surface area contributed by atoms with Gasteiger partial charge in [-0.05, 0) is 19.1 Å². The van der Waals surface area contributed by atoms with Gasteiger partial charge in [-0.2, -0.15) is 0 Å². The third-order valence-corrected chi connectivity index (χ3v) is 4.74. The molecule has 1 N–H and O–H groups in total. The number of methoxy groups -OCH3 is 2. The number of ether oxygens (including phenoxy) is 3. The number of thiazole rings is 1. The quantitative estimate of drug-likeness (QED) is 0.628. The second-order valence-corrected chi connectivity index (χ2v) is 6.64. The fourth-order valence-electron chi connectivity index (χ4n) is 2.37. The Hall–Kier alpha value is -2.78.